The third kappa shape index (κ3) is 7.09. The number of aliphatic carboxylic acids is 1. The molecular weight excluding hydrogens is 318 g/mol. The largest absolute Gasteiger partial charge is 0.508 e. The first-order valence-corrected chi connectivity index (χ1v) is 7.50. The van der Waals surface area contributed by atoms with Crippen LogP contribution in [0.15, 0.2) is 42.5 Å². The Balaban J connectivity index is 0.000000254. The smallest absolute Gasteiger partial charge is 0.303 e. The van der Waals surface area contributed by atoms with E-state index in [1.807, 2.05) is 0 Å². The van der Waals surface area contributed by atoms with Crippen molar-refractivity contribution in [3.63, 3.8) is 0 Å². The molecule has 0 aromatic heterocycles. The second kappa shape index (κ2) is 10.2. The second-order valence-electron chi connectivity index (χ2n) is 4.89. The second-order valence-corrected chi connectivity index (χ2v) is 4.89. The average molecular weight is 338 g/mol. The van der Waals surface area contributed by atoms with Crippen LogP contribution in [-0.2, 0) is 11.2 Å². The summed E-state index contributed by atoms with van der Waals surface area (Å²) in [5, 5.41) is 17.4. The van der Waals surface area contributed by atoms with Gasteiger partial charge in [0.25, 0.3) is 0 Å². The molecule has 0 atom stereocenters. The minimum Gasteiger partial charge on any atom is -0.508 e. The number of carboxylic acids is 1. The van der Waals surface area contributed by atoms with Gasteiger partial charge in [-0.15, -0.1) is 0 Å². The number of carboxylic acid groups (broad SMARTS) is 1. The molecule has 0 aliphatic rings. The summed E-state index contributed by atoms with van der Waals surface area (Å²) in [4.78, 5) is 10.1. The van der Waals surface area contributed by atoms with E-state index in [0.29, 0.717) is 24.2 Å². The molecule has 2 aromatic carbocycles. The van der Waals surface area contributed by atoms with Crippen molar-refractivity contribution in [2.75, 3.05) is 6.61 Å². The fraction of sp³-hybridized carbons (Fsp3) is 0.278. The molecule has 24 heavy (non-hydrogen) atoms. The molecule has 0 spiro atoms. The van der Waals surface area contributed by atoms with Crippen molar-refractivity contribution in [2.24, 2.45) is 0 Å². The number of halogens is 2. The highest BCUT2D eigenvalue weighted by Crippen LogP contribution is 2.19. The maximum Gasteiger partial charge on any atom is 0.303 e. The summed E-state index contributed by atoms with van der Waals surface area (Å²) >= 11 is 0. The third-order valence-corrected chi connectivity index (χ3v) is 3.05. The number of carbonyl (C=O) groups is 1. The van der Waals surface area contributed by atoms with Crippen LogP contribution in [0.3, 0.4) is 0 Å². The standard InChI is InChI=1S/C10H11FO3.C8H9FO/c11-8-3-1-4-9(7-8)14-6-2-5-10(12)13;1-2-6-7(9)4-3-5-8(6)10/h1,3-4,7H,2,5-6H2,(H,12,13);3-5,10H,2H2,1H3. The van der Waals surface area contributed by atoms with Crippen LogP contribution in [0.25, 0.3) is 0 Å². The first kappa shape index (κ1) is 19.4. The number of benzene rings is 2. The van der Waals surface area contributed by atoms with Gasteiger partial charge in [-0.2, -0.15) is 0 Å². The van der Waals surface area contributed by atoms with Crippen molar-refractivity contribution in [1.82, 2.24) is 0 Å². The van der Waals surface area contributed by atoms with Crippen LogP contribution < -0.4 is 4.74 Å². The number of hydrogen-bond acceptors (Lipinski definition) is 3. The lowest BCUT2D eigenvalue weighted by Gasteiger charge is -2.04. The predicted molar refractivity (Wildman–Crippen MR) is 86.2 cm³/mol. The summed E-state index contributed by atoms with van der Waals surface area (Å²) in [6, 6.07) is 10.1. The van der Waals surface area contributed by atoms with Crippen LogP contribution in [0.1, 0.15) is 25.3 Å². The van der Waals surface area contributed by atoms with Gasteiger partial charge in [0.1, 0.15) is 23.1 Å². The van der Waals surface area contributed by atoms with E-state index in [1.54, 1.807) is 19.1 Å². The van der Waals surface area contributed by atoms with Gasteiger partial charge in [-0.3, -0.25) is 4.79 Å². The maximum atomic E-state index is 12.7. The highest BCUT2D eigenvalue weighted by molar-refractivity contribution is 5.66. The van der Waals surface area contributed by atoms with Gasteiger partial charge in [-0.25, -0.2) is 8.78 Å². The highest BCUT2D eigenvalue weighted by atomic mass is 19.1. The Morgan fingerprint density at radius 3 is 2.42 bits per heavy atom. The van der Waals surface area contributed by atoms with E-state index in [9.17, 15) is 13.6 Å². The first-order chi connectivity index (χ1) is 11.4. The van der Waals surface area contributed by atoms with Crippen molar-refractivity contribution < 1.29 is 28.5 Å². The minimum atomic E-state index is -0.854. The fourth-order valence-electron chi connectivity index (χ4n) is 1.87. The lowest BCUT2D eigenvalue weighted by molar-refractivity contribution is -0.137. The van der Waals surface area contributed by atoms with Crippen LogP contribution in [0.4, 0.5) is 8.78 Å². The summed E-state index contributed by atoms with van der Waals surface area (Å²) in [5.41, 5.74) is 0.391. The summed E-state index contributed by atoms with van der Waals surface area (Å²) in [7, 11) is 0. The van der Waals surface area contributed by atoms with Crippen LogP contribution in [0.2, 0.25) is 0 Å². The van der Waals surface area contributed by atoms with Crippen molar-refractivity contribution in [1.29, 1.82) is 0 Å². The summed E-state index contributed by atoms with van der Waals surface area (Å²) in [5.74, 6) is -1.08. The lowest BCUT2D eigenvalue weighted by Crippen LogP contribution is -2.02. The summed E-state index contributed by atoms with van der Waals surface area (Å²) in [6.07, 6.45) is 1.01. The fourth-order valence-corrected chi connectivity index (χ4v) is 1.87. The normalized spacial score (nSPS) is 9.79. The Bertz CT molecular complexity index is 639. The Morgan fingerprint density at radius 1 is 1.17 bits per heavy atom. The van der Waals surface area contributed by atoms with E-state index in [1.165, 1.54) is 30.3 Å². The van der Waals surface area contributed by atoms with Gasteiger partial charge < -0.3 is 14.9 Å². The van der Waals surface area contributed by atoms with Crippen molar-refractivity contribution in [3.05, 3.63) is 59.7 Å². The molecule has 0 aliphatic carbocycles. The molecule has 6 heteroatoms. The topological polar surface area (TPSA) is 66.8 Å². The number of phenolic OH excluding ortho intramolecular Hbond substituents is 1. The van der Waals surface area contributed by atoms with E-state index < -0.39 is 5.97 Å². The molecule has 0 saturated carbocycles. The summed E-state index contributed by atoms with van der Waals surface area (Å²) < 4.78 is 30.5. The molecule has 2 aromatic rings. The Morgan fingerprint density at radius 2 is 1.88 bits per heavy atom. The third-order valence-electron chi connectivity index (χ3n) is 3.05. The molecule has 0 aliphatic heterocycles. The number of aromatic hydroxyl groups is 1. The molecule has 130 valence electrons. The van der Waals surface area contributed by atoms with Crippen LogP contribution in [-0.4, -0.2) is 22.8 Å². The minimum absolute atomic E-state index is 0.0440. The molecule has 0 radical (unpaired) electrons. The van der Waals surface area contributed by atoms with E-state index >= 15 is 0 Å². The molecule has 2 rings (SSSR count). The predicted octanol–water partition coefficient (Wildman–Crippen LogP) is 4.16. The number of phenols is 1. The monoisotopic (exact) mass is 338 g/mol. The number of hydrogen-bond donors (Lipinski definition) is 2. The Labute approximate surface area is 139 Å². The van der Waals surface area contributed by atoms with Gasteiger partial charge in [-0.1, -0.05) is 19.1 Å². The highest BCUT2D eigenvalue weighted by Gasteiger charge is 2.02. The van der Waals surface area contributed by atoms with Gasteiger partial charge in [0, 0.05) is 18.1 Å². The molecular formula is C18H20F2O4. The molecule has 2 N–H and O–H groups in total. The molecule has 0 saturated heterocycles. The van der Waals surface area contributed by atoms with E-state index in [-0.39, 0.29) is 30.4 Å². The molecule has 0 unspecified atom stereocenters. The first-order valence-electron chi connectivity index (χ1n) is 7.50. The molecule has 0 heterocycles. The van der Waals surface area contributed by atoms with Crippen molar-refractivity contribution in [2.45, 2.75) is 26.2 Å². The average Bonchev–Trinajstić information content (AvgIpc) is 2.52. The van der Waals surface area contributed by atoms with E-state index in [0.717, 1.165) is 0 Å². The maximum absolute atomic E-state index is 12.7. The Kier molecular flexibility index (Phi) is 8.25. The van der Waals surface area contributed by atoms with Crippen molar-refractivity contribution in [3.8, 4) is 11.5 Å². The van der Waals surface area contributed by atoms with Gasteiger partial charge in [0.05, 0.1) is 6.61 Å². The lowest BCUT2D eigenvalue weighted by atomic mass is 10.1. The zero-order valence-electron chi connectivity index (χ0n) is 13.3. The zero-order valence-corrected chi connectivity index (χ0v) is 13.3. The quantitative estimate of drug-likeness (QED) is 0.776. The van der Waals surface area contributed by atoms with Crippen LogP contribution in [0, 0.1) is 11.6 Å². The number of ether oxygens (including phenoxy) is 1. The van der Waals surface area contributed by atoms with Crippen LogP contribution in [0.5, 0.6) is 11.5 Å². The van der Waals surface area contributed by atoms with Gasteiger partial charge >= 0.3 is 5.97 Å². The van der Waals surface area contributed by atoms with E-state index in [2.05, 4.69) is 0 Å². The number of rotatable bonds is 6. The molecule has 0 amide bonds. The van der Waals surface area contributed by atoms with Gasteiger partial charge in [0.2, 0.25) is 0 Å². The van der Waals surface area contributed by atoms with Gasteiger partial charge in [-0.05, 0) is 37.1 Å². The Hall–Kier alpha value is -2.63. The molecule has 4 nitrogen and oxygen atoms in total. The SMILES string of the molecule is CCc1c(O)cccc1F.O=C(O)CCCOc1cccc(F)c1. The summed E-state index contributed by atoms with van der Waals surface area (Å²) in [6.45, 7) is 2.09. The van der Waals surface area contributed by atoms with Crippen LogP contribution >= 0.6 is 0 Å². The zero-order chi connectivity index (χ0) is 17.9. The molecule has 0 fully saturated rings. The van der Waals surface area contributed by atoms with Gasteiger partial charge in [0.15, 0.2) is 0 Å². The molecule has 0 bridgehead atoms. The van der Waals surface area contributed by atoms with E-state index in [4.69, 9.17) is 14.9 Å². The van der Waals surface area contributed by atoms with Crippen molar-refractivity contribution >= 4 is 5.97 Å².